The lowest BCUT2D eigenvalue weighted by molar-refractivity contribution is -0.150. The lowest BCUT2D eigenvalue weighted by Crippen LogP contribution is -2.19. The van der Waals surface area contributed by atoms with Crippen LogP contribution in [0.4, 0.5) is 0 Å². The van der Waals surface area contributed by atoms with Crippen LogP contribution in [0.1, 0.15) is 24.2 Å². The molecule has 1 aromatic heterocycles. The molecular weight excluding hydrogens is 274 g/mol. The largest absolute Gasteiger partial charge is 0.460 e. The van der Waals surface area contributed by atoms with Gasteiger partial charge in [-0.05, 0) is 38.1 Å². The van der Waals surface area contributed by atoms with Gasteiger partial charge in [0.15, 0.2) is 6.61 Å². The van der Waals surface area contributed by atoms with Crippen LogP contribution in [0.15, 0.2) is 36.9 Å². The zero-order chi connectivity index (χ0) is 15.2. The third kappa shape index (κ3) is 4.13. The molecule has 7 heteroatoms. The van der Waals surface area contributed by atoms with E-state index in [1.165, 1.54) is 6.33 Å². The first-order valence-corrected chi connectivity index (χ1v) is 6.38. The van der Waals surface area contributed by atoms with Crippen LogP contribution in [0.25, 0.3) is 5.69 Å². The Hall–Kier alpha value is -2.70. The smallest absolute Gasteiger partial charge is 0.344 e. The van der Waals surface area contributed by atoms with E-state index in [1.807, 2.05) is 0 Å². The van der Waals surface area contributed by atoms with Gasteiger partial charge in [-0.1, -0.05) is 0 Å². The molecule has 0 aliphatic rings. The zero-order valence-electron chi connectivity index (χ0n) is 11.7. The van der Waals surface area contributed by atoms with Crippen LogP contribution in [-0.2, 0) is 14.3 Å². The molecule has 0 saturated carbocycles. The van der Waals surface area contributed by atoms with E-state index in [-0.39, 0.29) is 6.10 Å². The standard InChI is InChI=1S/C14H15N3O4/c1-10(2)21-13(18)7-20-14(19)11-3-5-12(6-4-11)17-9-15-8-16-17/h3-6,8-10H,7H2,1-2H3. The van der Waals surface area contributed by atoms with Gasteiger partial charge in [0.1, 0.15) is 12.7 Å². The Kier molecular flexibility index (Phi) is 4.65. The second-order valence-corrected chi connectivity index (χ2v) is 4.50. The molecule has 21 heavy (non-hydrogen) atoms. The summed E-state index contributed by atoms with van der Waals surface area (Å²) >= 11 is 0. The monoisotopic (exact) mass is 289 g/mol. The average Bonchev–Trinajstić information content (AvgIpc) is 2.98. The molecule has 0 saturated heterocycles. The van der Waals surface area contributed by atoms with E-state index in [4.69, 9.17) is 9.47 Å². The van der Waals surface area contributed by atoms with Crippen molar-refractivity contribution in [2.45, 2.75) is 20.0 Å². The number of carbonyl (C=O) groups excluding carboxylic acids is 2. The van der Waals surface area contributed by atoms with Crippen LogP contribution in [0.3, 0.4) is 0 Å². The van der Waals surface area contributed by atoms with Crippen LogP contribution in [0.2, 0.25) is 0 Å². The number of hydrogen-bond acceptors (Lipinski definition) is 6. The number of rotatable bonds is 5. The molecule has 0 aliphatic heterocycles. The normalized spacial score (nSPS) is 10.4. The molecular formula is C14H15N3O4. The Morgan fingerprint density at radius 2 is 1.95 bits per heavy atom. The van der Waals surface area contributed by atoms with Crippen molar-refractivity contribution >= 4 is 11.9 Å². The summed E-state index contributed by atoms with van der Waals surface area (Å²) < 4.78 is 11.3. The number of esters is 2. The Balaban J connectivity index is 1.93. The van der Waals surface area contributed by atoms with E-state index in [2.05, 4.69) is 10.1 Å². The summed E-state index contributed by atoms with van der Waals surface area (Å²) in [5.41, 5.74) is 1.11. The summed E-state index contributed by atoms with van der Waals surface area (Å²) in [6, 6.07) is 6.59. The van der Waals surface area contributed by atoms with Crippen molar-refractivity contribution in [2.24, 2.45) is 0 Å². The van der Waals surface area contributed by atoms with Gasteiger partial charge in [-0.15, -0.1) is 0 Å². The molecule has 110 valence electrons. The van der Waals surface area contributed by atoms with Gasteiger partial charge in [0.2, 0.25) is 0 Å². The van der Waals surface area contributed by atoms with Gasteiger partial charge in [-0.2, -0.15) is 5.10 Å². The highest BCUT2D eigenvalue weighted by atomic mass is 16.6. The maximum atomic E-state index is 11.8. The fourth-order valence-corrected chi connectivity index (χ4v) is 1.60. The molecule has 7 nitrogen and oxygen atoms in total. The minimum Gasteiger partial charge on any atom is -0.460 e. The summed E-state index contributed by atoms with van der Waals surface area (Å²) in [4.78, 5) is 26.9. The average molecular weight is 289 g/mol. The van der Waals surface area contributed by atoms with Crippen LogP contribution in [0, 0.1) is 0 Å². The fraction of sp³-hybridized carbons (Fsp3) is 0.286. The number of benzene rings is 1. The van der Waals surface area contributed by atoms with Crippen molar-refractivity contribution in [3.05, 3.63) is 42.5 Å². The molecule has 1 aromatic carbocycles. The van der Waals surface area contributed by atoms with E-state index in [1.54, 1.807) is 49.1 Å². The van der Waals surface area contributed by atoms with Gasteiger partial charge in [0.25, 0.3) is 0 Å². The van der Waals surface area contributed by atoms with Gasteiger partial charge in [-0.25, -0.2) is 19.3 Å². The Labute approximate surface area is 121 Å². The third-order valence-electron chi connectivity index (χ3n) is 2.47. The highest BCUT2D eigenvalue weighted by molar-refractivity contribution is 5.90. The van der Waals surface area contributed by atoms with E-state index < -0.39 is 18.5 Å². The Morgan fingerprint density at radius 1 is 1.24 bits per heavy atom. The highest BCUT2D eigenvalue weighted by Crippen LogP contribution is 2.09. The first kappa shape index (κ1) is 14.7. The molecule has 0 fully saturated rings. The molecule has 0 bridgehead atoms. The first-order valence-electron chi connectivity index (χ1n) is 6.38. The summed E-state index contributed by atoms with van der Waals surface area (Å²) in [6.45, 7) is 3.05. The molecule has 2 aromatic rings. The minimum absolute atomic E-state index is 0.238. The van der Waals surface area contributed by atoms with Crippen molar-refractivity contribution in [1.82, 2.24) is 14.8 Å². The predicted molar refractivity (Wildman–Crippen MR) is 72.9 cm³/mol. The van der Waals surface area contributed by atoms with Gasteiger partial charge in [0, 0.05) is 0 Å². The number of nitrogens with zero attached hydrogens (tertiary/aromatic N) is 3. The second kappa shape index (κ2) is 6.65. The maximum Gasteiger partial charge on any atom is 0.344 e. The first-order chi connectivity index (χ1) is 10.1. The molecule has 0 unspecified atom stereocenters. The van der Waals surface area contributed by atoms with E-state index >= 15 is 0 Å². The number of ether oxygens (including phenoxy) is 2. The topological polar surface area (TPSA) is 83.3 Å². The van der Waals surface area contributed by atoms with E-state index in [0.29, 0.717) is 5.56 Å². The van der Waals surface area contributed by atoms with Crippen molar-refractivity contribution in [3.8, 4) is 5.69 Å². The Bertz CT molecular complexity index is 606. The molecule has 0 aliphatic carbocycles. The zero-order valence-corrected chi connectivity index (χ0v) is 11.7. The third-order valence-corrected chi connectivity index (χ3v) is 2.47. The molecule has 2 rings (SSSR count). The molecule has 0 amide bonds. The lowest BCUT2D eigenvalue weighted by atomic mass is 10.2. The quantitative estimate of drug-likeness (QED) is 0.773. The van der Waals surface area contributed by atoms with Gasteiger partial charge in [0.05, 0.1) is 17.4 Å². The van der Waals surface area contributed by atoms with Crippen LogP contribution < -0.4 is 0 Å². The van der Waals surface area contributed by atoms with Gasteiger partial charge in [-0.3, -0.25) is 0 Å². The van der Waals surface area contributed by atoms with Gasteiger partial charge < -0.3 is 9.47 Å². The highest BCUT2D eigenvalue weighted by Gasteiger charge is 2.12. The molecule has 0 N–H and O–H groups in total. The molecule has 0 radical (unpaired) electrons. The summed E-state index contributed by atoms with van der Waals surface area (Å²) in [7, 11) is 0. The number of hydrogen-bond donors (Lipinski definition) is 0. The molecule has 1 heterocycles. The van der Waals surface area contributed by atoms with Gasteiger partial charge >= 0.3 is 11.9 Å². The predicted octanol–water partition coefficient (Wildman–Crippen LogP) is 1.38. The Morgan fingerprint density at radius 3 is 2.52 bits per heavy atom. The van der Waals surface area contributed by atoms with E-state index in [9.17, 15) is 9.59 Å². The molecule has 0 atom stereocenters. The number of carbonyl (C=O) groups is 2. The minimum atomic E-state index is -0.583. The summed E-state index contributed by atoms with van der Waals surface area (Å²) in [6.07, 6.45) is 2.73. The van der Waals surface area contributed by atoms with Crippen LogP contribution in [-0.4, -0.2) is 39.4 Å². The summed E-state index contributed by atoms with van der Waals surface area (Å²) in [5.74, 6) is -1.15. The van der Waals surface area contributed by atoms with Crippen molar-refractivity contribution < 1.29 is 19.1 Å². The van der Waals surface area contributed by atoms with Crippen molar-refractivity contribution in [3.63, 3.8) is 0 Å². The number of aromatic nitrogens is 3. The second-order valence-electron chi connectivity index (χ2n) is 4.50. The fourth-order valence-electron chi connectivity index (χ4n) is 1.60. The maximum absolute atomic E-state index is 11.8. The SMILES string of the molecule is CC(C)OC(=O)COC(=O)c1ccc(-n2cncn2)cc1. The lowest BCUT2D eigenvalue weighted by Gasteiger charge is -2.08. The molecule has 0 spiro atoms. The van der Waals surface area contributed by atoms with Crippen LogP contribution in [0.5, 0.6) is 0 Å². The van der Waals surface area contributed by atoms with Crippen LogP contribution >= 0.6 is 0 Å². The van der Waals surface area contributed by atoms with Crippen molar-refractivity contribution in [1.29, 1.82) is 0 Å². The van der Waals surface area contributed by atoms with E-state index in [0.717, 1.165) is 5.69 Å². The van der Waals surface area contributed by atoms with Crippen molar-refractivity contribution in [2.75, 3.05) is 6.61 Å². The summed E-state index contributed by atoms with van der Waals surface area (Å²) in [5, 5.41) is 3.98.